The SMILES string of the molecule is COc1ccc(N(C)c2nc(NCCNC(=O)O)nc3ccc(OC)cc23)cc1. The minimum atomic E-state index is -1.07. The van der Waals surface area contributed by atoms with Crippen molar-refractivity contribution in [3.8, 4) is 11.5 Å². The van der Waals surface area contributed by atoms with E-state index in [2.05, 4.69) is 20.6 Å². The van der Waals surface area contributed by atoms with Crippen molar-refractivity contribution in [3.63, 3.8) is 0 Å². The molecule has 29 heavy (non-hydrogen) atoms. The second-order valence-electron chi connectivity index (χ2n) is 6.17. The van der Waals surface area contributed by atoms with Gasteiger partial charge in [0, 0.05) is 31.2 Å². The zero-order chi connectivity index (χ0) is 20.8. The zero-order valence-electron chi connectivity index (χ0n) is 16.5. The molecule has 0 bridgehead atoms. The molecule has 152 valence electrons. The largest absolute Gasteiger partial charge is 0.497 e. The maximum Gasteiger partial charge on any atom is 0.404 e. The molecule has 0 saturated carbocycles. The molecule has 9 nitrogen and oxygen atoms in total. The molecule has 1 heterocycles. The Labute approximate surface area is 168 Å². The van der Waals surface area contributed by atoms with Gasteiger partial charge in [-0.2, -0.15) is 4.98 Å². The van der Waals surface area contributed by atoms with E-state index in [1.165, 1.54) is 0 Å². The van der Waals surface area contributed by atoms with Gasteiger partial charge in [0.2, 0.25) is 5.95 Å². The highest BCUT2D eigenvalue weighted by Crippen LogP contribution is 2.32. The van der Waals surface area contributed by atoms with E-state index in [0.29, 0.717) is 24.1 Å². The number of methoxy groups -OCH3 is 2. The second-order valence-corrected chi connectivity index (χ2v) is 6.17. The molecule has 1 amide bonds. The molecule has 0 aliphatic rings. The van der Waals surface area contributed by atoms with E-state index in [9.17, 15) is 4.79 Å². The van der Waals surface area contributed by atoms with Gasteiger partial charge in [-0.15, -0.1) is 0 Å². The number of carboxylic acid groups (broad SMARTS) is 1. The molecule has 0 spiro atoms. The molecule has 3 rings (SSSR count). The van der Waals surface area contributed by atoms with Gasteiger partial charge >= 0.3 is 6.09 Å². The van der Waals surface area contributed by atoms with Crippen LogP contribution in [0.15, 0.2) is 42.5 Å². The number of aromatic nitrogens is 2. The molecule has 0 fully saturated rings. The Hall–Kier alpha value is -3.75. The van der Waals surface area contributed by atoms with Gasteiger partial charge in [0.05, 0.1) is 19.7 Å². The Kier molecular flexibility index (Phi) is 6.18. The van der Waals surface area contributed by atoms with E-state index in [4.69, 9.17) is 14.6 Å². The molecular formula is C20H23N5O4. The van der Waals surface area contributed by atoms with Crippen molar-refractivity contribution >= 4 is 34.4 Å². The van der Waals surface area contributed by atoms with Gasteiger partial charge in [0.25, 0.3) is 0 Å². The Balaban J connectivity index is 1.97. The van der Waals surface area contributed by atoms with E-state index in [1.54, 1.807) is 14.2 Å². The van der Waals surface area contributed by atoms with Crippen LogP contribution >= 0.6 is 0 Å². The number of hydrogen-bond donors (Lipinski definition) is 3. The maximum atomic E-state index is 10.6. The number of ether oxygens (including phenoxy) is 2. The lowest BCUT2D eigenvalue weighted by Gasteiger charge is -2.21. The predicted molar refractivity (Wildman–Crippen MR) is 112 cm³/mol. The topological polar surface area (TPSA) is 109 Å². The summed E-state index contributed by atoms with van der Waals surface area (Å²) >= 11 is 0. The fourth-order valence-corrected chi connectivity index (χ4v) is 2.82. The summed E-state index contributed by atoms with van der Waals surface area (Å²) in [5.41, 5.74) is 1.66. The standard InChI is InChI=1S/C20H23N5O4/c1-25(13-4-6-14(28-2)7-5-13)18-16-12-15(29-3)8-9-17(16)23-19(24-18)21-10-11-22-20(26)27/h4-9,12,22H,10-11H2,1-3H3,(H,26,27)(H,21,23,24). The summed E-state index contributed by atoms with van der Waals surface area (Å²) in [7, 11) is 5.15. The second kappa shape index (κ2) is 8.96. The van der Waals surface area contributed by atoms with E-state index < -0.39 is 6.09 Å². The van der Waals surface area contributed by atoms with Crippen LogP contribution in [-0.4, -0.2) is 55.5 Å². The van der Waals surface area contributed by atoms with E-state index in [0.717, 1.165) is 22.3 Å². The zero-order valence-corrected chi connectivity index (χ0v) is 16.5. The van der Waals surface area contributed by atoms with E-state index in [1.807, 2.05) is 54.4 Å². The maximum absolute atomic E-state index is 10.6. The molecule has 3 aromatic rings. The lowest BCUT2D eigenvalue weighted by molar-refractivity contribution is 0.195. The monoisotopic (exact) mass is 397 g/mol. The summed E-state index contributed by atoms with van der Waals surface area (Å²) in [5, 5.41) is 14.9. The summed E-state index contributed by atoms with van der Waals surface area (Å²) in [6.45, 7) is 0.600. The molecular weight excluding hydrogens is 374 g/mol. The van der Waals surface area contributed by atoms with Crippen molar-refractivity contribution in [1.29, 1.82) is 0 Å². The normalized spacial score (nSPS) is 10.4. The van der Waals surface area contributed by atoms with Crippen molar-refractivity contribution in [2.75, 3.05) is 44.6 Å². The fourth-order valence-electron chi connectivity index (χ4n) is 2.82. The van der Waals surface area contributed by atoms with Crippen LogP contribution in [0.5, 0.6) is 11.5 Å². The van der Waals surface area contributed by atoms with Gasteiger partial charge in [-0.3, -0.25) is 0 Å². The third-order valence-electron chi connectivity index (χ3n) is 4.34. The van der Waals surface area contributed by atoms with Crippen molar-refractivity contribution in [3.05, 3.63) is 42.5 Å². The summed E-state index contributed by atoms with van der Waals surface area (Å²) in [6, 6.07) is 13.2. The van der Waals surface area contributed by atoms with Gasteiger partial charge in [0.1, 0.15) is 17.3 Å². The number of nitrogens with one attached hydrogen (secondary N) is 2. The first-order valence-electron chi connectivity index (χ1n) is 8.96. The molecule has 3 N–H and O–H groups in total. The number of nitrogens with zero attached hydrogens (tertiary/aromatic N) is 3. The smallest absolute Gasteiger partial charge is 0.404 e. The van der Waals surface area contributed by atoms with Crippen molar-refractivity contribution in [2.45, 2.75) is 0 Å². The first-order valence-corrected chi connectivity index (χ1v) is 8.96. The van der Waals surface area contributed by atoms with E-state index >= 15 is 0 Å². The highest BCUT2D eigenvalue weighted by atomic mass is 16.5. The van der Waals surface area contributed by atoms with Crippen LogP contribution < -0.4 is 25.0 Å². The number of anilines is 3. The third-order valence-corrected chi connectivity index (χ3v) is 4.34. The average Bonchev–Trinajstić information content (AvgIpc) is 2.75. The van der Waals surface area contributed by atoms with Gasteiger partial charge in [0.15, 0.2) is 0 Å². The highest BCUT2D eigenvalue weighted by molar-refractivity contribution is 5.93. The van der Waals surface area contributed by atoms with Crippen LogP contribution in [-0.2, 0) is 0 Å². The molecule has 0 radical (unpaired) electrons. The lowest BCUT2D eigenvalue weighted by atomic mass is 10.2. The minimum absolute atomic E-state index is 0.239. The van der Waals surface area contributed by atoms with Crippen molar-refractivity contribution in [2.24, 2.45) is 0 Å². The number of fused-ring (bicyclic) bond motifs is 1. The van der Waals surface area contributed by atoms with Crippen LogP contribution in [0.3, 0.4) is 0 Å². The number of carbonyl (C=O) groups is 1. The lowest BCUT2D eigenvalue weighted by Crippen LogP contribution is -2.27. The van der Waals surface area contributed by atoms with Crippen LogP contribution in [0.25, 0.3) is 10.9 Å². The molecule has 0 atom stereocenters. The molecule has 1 aromatic heterocycles. The number of rotatable bonds is 8. The van der Waals surface area contributed by atoms with Crippen LogP contribution in [0.4, 0.5) is 22.2 Å². The Bertz CT molecular complexity index is 994. The van der Waals surface area contributed by atoms with Crippen LogP contribution in [0.1, 0.15) is 0 Å². The van der Waals surface area contributed by atoms with Crippen LogP contribution in [0, 0.1) is 0 Å². The number of benzene rings is 2. The summed E-state index contributed by atoms with van der Waals surface area (Å²) in [5.74, 6) is 2.57. The van der Waals surface area contributed by atoms with Crippen molar-refractivity contribution < 1.29 is 19.4 Å². The molecule has 2 aromatic carbocycles. The highest BCUT2D eigenvalue weighted by Gasteiger charge is 2.14. The molecule has 0 aliphatic carbocycles. The minimum Gasteiger partial charge on any atom is -0.497 e. The quantitative estimate of drug-likeness (QED) is 0.498. The Morgan fingerprint density at radius 1 is 1.03 bits per heavy atom. The summed E-state index contributed by atoms with van der Waals surface area (Å²) in [4.78, 5) is 21.7. The Morgan fingerprint density at radius 3 is 2.38 bits per heavy atom. The molecule has 0 aliphatic heterocycles. The number of hydrogen-bond acceptors (Lipinski definition) is 7. The Morgan fingerprint density at radius 2 is 1.72 bits per heavy atom. The van der Waals surface area contributed by atoms with Gasteiger partial charge in [-0.05, 0) is 42.5 Å². The average molecular weight is 397 g/mol. The predicted octanol–water partition coefficient (Wildman–Crippen LogP) is 3.09. The third kappa shape index (κ3) is 4.75. The first-order chi connectivity index (χ1) is 14.0. The van der Waals surface area contributed by atoms with Gasteiger partial charge in [-0.25, -0.2) is 9.78 Å². The van der Waals surface area contributed by atoms with Crippen molar-refractivity contribution in [1.82, 2.24) is 15.3 Å². The van der Waals surface area contributed by atoms with Gasteiger partial charge in [-0.1, -0.05) is 0 Å². The van der Waals surface area contributed by atoms with Gasteiger partial charge < -0.3 is 30.1 Å². The summed E-state index contributed by atoms with van der Waals surface area (Å²) in [6.07, 6.45) is -1.07. The molecule has 0 unspecified atom stereocenters. The number of amides is 1. The molecule has 9 heteroatoms. The summed E-state index contributed by atoms with van der Waals surface area (Å²) < 4.78 is 10.6. The van der Waals surface area contributed by atoms with Crippen LogP contribution in [0.2, 0.25) is 0 Å². The first kappa shape index (κ1) is 20.0. The van der Waals surface area contributed by atoms with E-state index in [-0.39, 0.29) is 6.54 Å². The fraction of sp³-hybridized carbons (Fsp3) is 0.250. The molecule has 0 saturated heterocycles.